The Morgan fingerprint density at radius 2 is 2.06 bits per heavy atom. The Bertz CT molecular complexity index is 464. The van der Waals surface area contributed by atoms with E-state index in [1.807, 2.05) is 0 Å². The van der Waals surface area contributed by atoms with Gasteiger partial charge in [0.1, 0.15) is 5.82 Å². The summed E-state index contributed by atoms with van der Waals surface area (Å²) >= 11 is 1.44. The fraction of sp³-hybridized carbons (Fsp3) is 0.417. The number of hydrogen-bond donors (Lipinski definition) is 0. The average Bonchev–Trinajstić information content (AvgIpc) is 2.80. The summed E-state index contributed by atoms with van der Waals surface area (Å²) in [5, 5.41) is -0.295. The van der Waals surface area contributed by atoms with Crippen LogP contribution in [0.4, 0.5) is 17.6 Å². The molecule has 6 heteroatoms. The van der Waals surface area contributed by atoms with E-state index in [9.17, 15) is 22.4 Å². The molecule has 1 unspecified atom stereocenters. The fourth-order valence-corrected chi connectivity index (χ4v) is 3.10. The normalized spacial score (nSPS) is 20.1. The van der Waals surface area contributed by atoms with Gasteiger partial charge in [-0.25, -0.2) is 4.39 Å². The van der Waals surface area contributed by atoms with Crippen molar-refractivity contribution >= 4 is 17.5 Å². The highest BCUT2D eigenvalue weighted by atomic mass is 32.2. The van der Waals surface area contributed by atoms with Crippen LogP contribution in [0, 0.1) is 5.82 Å². The number of alkyl halides is 3. The van der Waals surface area contributed by atoms with Crippen molar-refractivity contribution in [3.63, 3.8) is 0 Å². The molecule has 0 bridgehead atoms. The van der Waals surface area contributed by atoms with Crippen LogP contribution in [0.25, 0.3) is 0 Å². The Hall–Kier alpha value is -1.04. The zero-order valence-electron chi connectivity index (χ0n) is 9.26. The lowest BCUT2D eigenvalue weighted by molar-refractivity contribution is -0.140. The fourth-order valence-electron chi connectivity index (χ4n) is 1.87. The molecule has 0 aliphatic carbocycles. The van der Waals surface area contributed by atoms with Crippen molar-refractivity contribution in [1.29, 1.82) is 0 Å². The first-order valence-electron chi connectivity index (χ1n) is 5.42. The summed E-state index contributed by atoms with van der Waals surface area (Å²) in [5.41, 5.74) is -1.44. The molecule has 1 fully saturated rings. The van der Waals surface area contributed by atoms with E-state index < -0.39 is 17.6 Å². The van der Waals surface area contributed by atoms with Crippen molar-refractivity contribution in [2.45, 2.75) is 24.3 Å². The molecule has 1 heterocycles. The van der Waals surface area contributed by atoms with Crippen LogP contribution in [0.2, 0.25) is 0 Å². The van der Waals surface area contributed by atoms with Crippen molar-refractivity contribution in [3.05, 3.63) is 35.1 Å². The number of Topliss-reactive ketones (excluding diaryl/α,β-unsaturated/α-hetero) is 1. The summed E-state index contributed by atoms with van der Waals surface area (Å²) in [6.45, 7) is 0. The van der Waals surface area contributed by atoms with Crippen molar-refractivity contribution in [2.75, 3.05) is 5.75 Å². The third-order valence-corrected chi connectivity index (χ3v) is 4.15. The van der Waals surface area contributed by atoms with Gasteiger partial charge in [-0.1, -0.05) is 0 Å². The molecule has 2 rings (SSSR count). The van der Waals surface area contributed by atoms with Crippen molar-refractivity contribution in [3.8, 4) is 0 Å². The highest BCUT2D eigenvalue weighted by molar-refractivity contribution is 8.00. The maximum absolute atomic E-state index is 13.1. The monoisotopic (exact) mass is 278 g/mol. The van der Waals surface area contributed by atoms with Crippen LogP contribution in [0.3, 0.4) is 0 Å². The second kappa shape index (κ2) is 4.91. The molecule has 0 saturated carbocycles. The van der Waals surface area contributed by atoms with E-state index >= 15 is 0 Å². The second-order valence-electron chi connectivity index (χ2n) is 4.06. The highest BCUT2D eigenvalue weighted by Gasteiger charge is 2.35. The molecule has 1 aromatic rings. The Kier molecular flexibility index (Phi) is 3.66. The minimum atomic E-state index is -4.77. The lowest BCUT2D eigenvalue weighted by Crippen LogP contribution is -2.16. The Morgan fingerprint density at radius 1 is 1.33 bits per heavy atom. The molecule has 1 aromatic carbocycles. The van der Waals surface area contributed by atoms with E-state index in [0.717, 1.165) is 18.2 Å². The summed E-state index contributed by atoms with van der Waals surface area (Å²) in [4.78, 5) is 11.9. The van der Waals surface area contributed by atoms with Gasteiger partial charge >= 0.3 is 6.18 Å². The van der Waals surface area contributed by atoms with E-state index in [0.29, 0.717) is 18.6 Å². The van der Waals surface area contributed by atoms with Crippen LogP contribution in [0.1, 0.15) is 28.8 Å². The van der Waals surface area contributed by atoms with Gasteiger partial charge in [-0.3, -0.25) is 4.79 Å². The molecule has 1 atom stereocenters. The maximum Gasteiger partial charge on any atom is 0.419 e. The summed E-state index contributed by atoms with van der Waals surface area (Å²) in [6, 6.07) is 2.43. The van der Waals surface area contributed by atoms with Crippen LogP contribution in [-0.4, -0.2) is 16.8 Å². The van der Waals surface area contributed by atoms with Crippen molar-refractivity contribution < 1.29 is 22.4 Å². The first-order chi connectivity index (χ1) is 8.39. The molecule has 1 saturated heterocycles. The lowest BCUT2D eigenvalue weighted by atomic mass is 10.0. The van der Waals surface area contributed by atoms with Gasteiger partial charge in [0.2, 0.25) is 0 Å². The number of carbonyl (C=O) groups is 1. The minimum absolute atomic E-state index is 0.0666. The summed E-state index contributed by atoms with van der Waals surface area (Å²) < 4.78 is 50.6. The summed E-state index contributed by atoms with van der Waals surface area (Å²) in [5.74, 6) is -0.856. The third kappa shape index (κ3) is 2.68. The van der Waals surface area contributed by atoms with Gasteiger partial charge in [0.25, 0.3) is 0 Å². The number of thioether (sulfide) groups is 1. The largest absolute Gasteiger partial charge is 0.419 e. The molecule has 1 nitrogen and oxygen atoms in total. The second-order valence-corrected chi connectivity index (χ2v) is 5.37. The molecule has 0 radical (unpaired) electrons. The van der Waals surface area contributed by atoms with Gasteiger partial charge in [0.05, 0.1) is 10.8 Å². The average molecular weight is 278 g/mol. The van der Waals surface area contributed by atoms with E-state index in [1.54, 1.807) is 0 Å². The molecule has 0 aromatic heterocycles. The zero-order chi connectivity index (χ0) is 13.3. The predicted molar refractivity (Wildman–Crippen MR) is 61.2 cm³/mol. The number of carbonyl (C=O) groups excluding carboxylic acids is 1. The van der Waals surface area contributed by atoms with Gasteiger partial charge < -0.3 is 0 Å². The smallest absolute Gasteiger partial charge is 0.293 e. The molecular formula is C12H10F4OS. The molecule has 0 spiro atoms. The lowest BCUT2D eigenvalue weighted by Gasteiger charge is -2.11. The van der Waals surface area contributed by atoms with Crippen LogP contribution in [0.5, 0.6) is 0 Å². The quantitative estimate of drug-likeness (QED) is 0.602. The zero-order valence-corrected chi connectivity index (χ0v) is 10.1. The first-order valence-corrected chi connectivity index (χ1v) is 6.47. The van der Waals surface area contributed by atoms with Gasteiger partial charge in [-0.2, -0.15) is 24.9 Å². The van der Waals surface area contributed by atoms with E-state index in [-0.39, 0.29) is 16.6 Å². The van der Waals surface area contributed by atoms with E-state index in [4.69, 9.17) is 0 Å². The minimum Gasteiger partial charge on any atom is -0.293 e. The third-order valence-electron chi connectivity index (χ3n) is 2.78. The van der Waals surface area contributed by atoms with Gasteiger partial charge in [0.15, 0.2) is 5.78 Å². The van der Waals surface area contributed by atoms with Gasteiger partial charge in [0, 0.05) is 5.56 Å². The van der Waals surface area contributed by atoms with Gasteiger partial charge in [-0.05, 0) is 36.8 Å². The number of halogens is 4. The Balaban J connectivity index is 2.32. The first kappa shape index (κ1) is 13.4. The topological polar surface area (TPSA) is 17.1 Å². The Morgan fingerprint density at radius 3 is 2.61 bits per heavy atom. The SMILES string of the molecule is O=C(c1ccc(F)c(C(F)(F)F)c1)C1CCCS1. The number of benzene rings is 1. The molecule has 18 heavy (non-hydrogen) atoms. The number of rotatable bonds is 2. The number of ketones is 1. The van der Waals surface area contributed by atoms with Crippen LogP contribution in [0.15, 0.2) is 18.2 Å². The molecule has 1 aliphatic heterocycles. The number of hydrogen-bond acceptors (Lipinski definition) is 2. The maximum atomic E-state index is 13.1. The predicted octanol–water partition coefficient (Wildman–Crippen LogP) is 3.92. The highest BCUT2D eigenvalue weighted by Crippen LogP contribution is 2.34. The van der Waals surface area contributed by atoms with Crippen molar-refractivity contribution in [2.24, 2.45) is 0 Å². The van der Waals surface area contributed by atoms with E-state index in [1.165, 1.54) is 11.8 Å². The van der Waals surface area contributed by atoms with E-state index in [2.05, 4.69) is 0 Å². The summed E-state index contributed by atoms with van der Waals surface area (Å²) in [7, 11) is 0. The Labute approximate surface area is 106 Å². The van der Waals surface area contributed by atoms with Crippen molar-refractivity contribution in [1.82, 2.24) is 0 Å². The molecule has 1 aliphatic rings. The van der Waals surface area contributed by atoms with Crippen LogP contribution in [-0.2, 0) is 6.18 Å². The van der Waals surface area contributed by atoms with Crippen LogP contribution >= 0.6 is 11.8 Å². The molecule has 0 N–H and O–H groups in total. The van der Waals surface area contributed by atoms with Gasteiger partial charge in [-0.15, -0.1) is 0 Å². The molecular weight excluding hydrogens is 268 g/mol. The summed E-state index contributed by atoms with van der Waals surface area (Å²) in [6.07, 6.45) is -3.22. The van der Waals surface area contributed by atoms with Crippen LogP contribution < -0.4 is 0 Å². The molecule has 98 valence electrons. The standard InChI is InChI=1S/C12H10F4OS/c13-9-4-3-7(6-8(9)12(14,15)16)11(17)10-2-1-5-18-10/h3-4,6,10H,1-2,5H2. The molecule has 0 amide bonds.